The van der Waals surface area contributed by atoms with Crippen LogP contribution in [0.3, 0.4) is 0 Å². The molecule has 21 heavy (non-hydrogen) atoms. The molecule has 116 valence electrons. The molecule has 0 spiro atoms. The Morgan fingerprint density at radius 1 is 1.29 bits per heavy atom. The number of amides is 1. The van der Waals surface area contributed by atoms with Gasteiger partial charge < -0.3 is 15.4 Å². The molecule has 1 aromatic rings. The second kappa shape index (κ2) is 8.00. The zero-order valence-corrected chi connectivity index (χ0v) is 12.9. The fourth-order valence-corrected chi connectivity index (χ4v) is 2.58. The molecule has 0 unspecified atom stereocenters. The number of methoxy groups -OCH3 is 1. The van der Waals surface area contributed by atoms with Crippen molar-refractivity contribution in [1.82, 2.24) is 15.5 Å². The minimum atomic E-state index is 0.0969. The Hall–Kier alpha value is -1.59. The number of nitrogens with zero attached hydrogens (tertiary/aromatic N) is 1. The predicted molar refractivity (Wildman–Crippen MR) is 83.4 cm³/mol. The van der Waals surface area contributed by atoms with Crippen molar-refractivity contribution in [1.29, 1.82) is 0 Å². The van der Waals surface area contributed by atoms with E-state index in [9.17, 15) is 4.79 Å². The largest absolute Gasteiger partial charge is 0.497 e. The first-order valence-electron chi connectivity index (χ1n) is 7.50. The van der Waals surface area contributed by atoms with Gasteiger partial charge in [0.2, 0.25) is 5.91 Å². The highest BCUT2D eigenvalue weighted by Crippen LogP contribution is 2.13. The third-order valence-electron chi connectivity index (χ3n) is 3.99. The summed E-state index contributed by atoms with van der Waals surface area (Å²) in [5.41, 5.74) is 1.27. The van der Waals surface area contributed by atoms with Crippen LogP contribution in [0, 0.1) is 0 Å². The number of benzene rings is 1. The number of nitrogens with one attached hydrogen (secondary N) is 2. The Kier molecular flexibility index (Phi) is 6.02. The minimum absolute atomic E-state index is 0.0969. The van der Waals surface area contributed by atoms with Crippen LogP contribution in [0.25, 0.3) is 0 Å². The normalized spacial score (nSPS) is 16.7. The quantitative estimate of drug-likeness (QED) is 0.821. The van der Waals surface area contributed by atoms with Crippen molar-refractivity contribution in [2.24, 2.45) is 0 Å². The van der Waals surface area contributed by atoms with Crippen molar-refractivity contribution in [3.63, 3.8) is 0 Å². The van der Waals surface area contributed by atoms with Gasteiger partial charge in [-0.05, 0) is 30.5 Å². The fraction of sp³-hybridized carbons (Fsp3) is 0.562. The van der Waals surface area contributed by atoms with Crippen molar-refractivity contribution in [2.45, 2.75) is 25.4 Å². The Labute approximate surface area is 126 Å². The number of likely N-dealkylation sites (N-methyl/N-ethyl adjacent to an activating group) is 1. The van der Waals surface area contributed by atoms with Gasteiger partial charge in [-0.3, -0.25) is 9.69 Å². The lowest BCUT2D eigenvalue weighted by atomic mass is 10.0. The van der Waals surface area contributed by atoms with Crippen molar-refractivity contribution in [2.75, 3.05) is 33.8 Å². The highest BCUT2D eigenvalue weighted by atomic mass is 16.5. The highest BCUT2D eigenvalue weighted by Gasteiger charge is 2.19. The summed E-state index contributed by atoms with van der Waals surface area (Å²) in [6, 6.07) is 8.69. The number of hydrogen-bond acceptors (Lipinski definition) is 4. The lowest BCUT2D eigenvalue weighted by molar-refractivity contribution is -0.122. The maximum Gasteiger partial charge on any atom is 0.233 e. The summed E-state index contributed by atoms with van der Waals surface area (Å²) in [7, 11) is 3.37. The zero-order chi connectivity index (χ0) is 15.1. The van der Waals surface area contributed by atoms with E-state index >= 15 is 0 Å². The lowest BCUT2D eigenvalue weighted by Gasteiger charge is -2.31. The van der Waals surface area contributed by atoms with E-state index in [0.717, 1.165) is 38.2 Å². The van der Waals surface area contributed by atoms with Gasteiger partial charge in [0.05, 0.1) is 13.7 Å². The first kappa shape index (κ1) is 15.8. The van der Waals surface area contributed by atoms with Gasteiger partial charge >= 0.3 is 0 Å². The van der Waals surface area contributed by atoms with E-state index in [2.05, 4.69) is 27.7 Å². The molecule has 5 heteroatoms. The molecular formula is C16H25N3O2. The van der Waals surface area contributed by atoms with Gasteiger partial charge in [-0.25, -0.2) is 0 Å². The van der Waals surface area contributed by atoms with Crippen molar-refractivity contribution < 1.29 is 9.53 Å². The van der Waals surface area contributed by atoms with E-state index in [0.29, 0.717) is 12.6 Å². The van der Waals surface area contributed by atoms with Crippen molar-refractivity contribution >= 4 is 5.91 Å². The fourth-order valence-electron chi connectivity index (χ4n) is 2.58. The topological polar surface area (TPSA) is 53.6 Å². The Morgan fingerprint density at radius 2 is 1.95 bits per heavy atom. The number of likely N-dealkylation sites (tertiary alicyclic amines) is 1. The number of piperidine rings is 1. The van der Waals surface area contributed by atoms with Crippen LogP contribution < -0.4 is 15.4 Å². The Balaban J connectivity index is 1.69. The first-order valence-corrected chi connectivity index (χ1v) is 7.50. The van der Waals surface area contributed by atoms with Crippen LogP contribution in [0.1, 0.15) is 18.4 Å². The number of rotatable bonds is 6. The van der Waals surface area contributed by atoms with Crippen LogP contribution in [-0.2, 0) is 11.3 Å². The summed E-state index contributed by atoms with van der Waals surface area (Å²) in [5.74, 6) is 0.987. The lowest BCUT2D eigenvalue weighted by Crippen LogP contribution is -2.45. The molecule has 5 nitrogen and oxygen atoms in total. The molecule has 0 atom stereocenters. The number of hydrogen-bond donors (Lipinski definition) is 2. The third kappa shape index (κ3) is 5.02. The molecule has 1 aliphatic rings. The maximum absolute atomic E-state index is 11.3. The van der Waals surface area contributed by atoms with Gasteiger partial charge in [0, 0.05) is 32.7 Å². The maximum atomic E-state index is 11.3. The molecule has 0 aromatic heterocycles. The smallest absolute Gasteiger partial charge is 0.233 e. The van der Waals surface area contributed by atoms with E-state index in [1.165, 1.54) is 5.56 Å². The van der Waals surface area contributed by atoms with Gasteiger partial charge in [-0.15, -0.1) is 0 Å². The van der Waals surface area contributed by atoms with Crippen molar-refractivity contribution in [3.8, 4) is 5.75 Å². The second-order valence-corrected chi connectivity index (χ2v) is 5.45. The monoisotopic (exact) mass is 291 g/mol. The van der Waals surface area contributed by atoms with E-state index in [1.54, 1.807) is 14.2 Å². The molecular weight excluding hydrogens is 266 g/mol. The molecule has 1 saturated heterocycles. The Bertz CT molecular complexity index is 439. The minimum Gasteiger partial charge on any atom is -0.497 e. The molecule has 0 saturated carbocycles. The molecule has 0 bridgehead atoms. The molecule has 2 rings (SSSR count). The molecule has 1 heterocycles. The van der Waals surface area contributed by atoms with E-state index in [4.69, 9.17) is 4.74 Å². The van der Waals surface area contributed by atoms with Crippen molar-refractivity contribution in [3.05, 3.63) is 29.8 Å². The Morgan fingerprint density at radius 3 is 2.52 bits per heavy atom. The summed E-state index contributed by atoms with van der Waals surface area (Å²) in [6.07, 6.45) is 2.18. The molecule has 2 N–H and O–H groups in total. The van der Waals surface area contributed by atoms with Crippen LogP contribution in [0.15, 0.2) is 24.3 Å². The molecule has 0 radical (unpaired) electrons. The average molecular weight is 291 g/mol. The van der Waals surface area contributed by atoms with Crippen LogP contribution in [0.5, 0.6) is 5.75 Å². The number of ether oxygens (including phenoxy) is 1. The van der Waals surface area contributed by atoms with E-state index < -0.39 is 0 Å². The van der Waals surface area contributed by atoms with Gasteiger partial charge in [0.15, 0.2) is 0 Å². The summed E-state index contributed by atoms with van der Waals surface area (Å²) >= 11 is 0. The summed E-state index contributed by atoms with van der Waals surface area (Å²) in [5, 5.41) is 6.27. The molecule has 0 aliphatic carbocycles. The van der Waals surface area contributed by atoms with Crippen LogP contribution in [0.4, 0.5) is 0 Å². The summed E-state index contributed by atoms with van der Waals surface area (Å²) < 4.78 is 5.16. The van der Waals surface area contributed by atoms with Crippen LogP contribution >= 0.6 is 0 Å². The predicted octanol–water partition coefficient (Wildman–Crippen LogP) is 0.995. The van der Waals surface area contributed by atoms with Gasteiger partial charge in [0.1, 0.15) is 5.75 Å². The number of carbonyl (C=O) groups excluding carboxylic acids is 1. The molecule has 1 aromatic carbocycles. The average Bonchev–Trinajstić information content (AvgIpc) is 2.54. The SMILES string of the molecule is CNC(=O)CN1CCC(NCc2ccc(OC)cc2)CC1. The molecule has 1 aliphatic heterocycles. The zero-order valence-electron chi connectivity index (χ0n) is 12.9. The number of carbonyl (C=O) groups is 1. The van der Waals surface area contributed by atoms with Crippen LogP contribution in [0.2, 0.25) is 0 Å². The second-order valence-electron chi connectivity index (χ2n) is 5.45. The van der Waals surface area contributed by atoms with E-state index in [-0.39, 0.29) is 5.91 Å². The van der Waals surface area contributed by atoms with E-state index in [1.807, 2.05) is 12.1 Å². The van der Waals surface area contributed by atoms with Crippen LogP contribution in [-0.4, -0.2) is 50.6 Å². The molecule has 1 amide bonds. The van der Waals surface area contributed by atoms with Gasteiger partial charge in [-0.2, -0.15) is 0 Å². The van der Waals surface area contributed by atoms with Gasteiger partial charge in [0.25, 0.3) is 0 Å². The third-order valence-corrected chi connectivity index (χ3v) is 3.99. The standard InChI is InChI=1S/C16H25N3O2/c1-17-16(20)12-19-9-7-14(8-10-19)18-11-13-3-5-15(21-2)6-4-13/h3-6,14,18H,7-12H2,1-2H3,(H,17,20). The van der Waals surface area contributed by atoms with Gasteiger partial charge in [-0.1, -0.05) is 12.1 Å². The summed E-state index contributed by atoms with van der Waals surface area (Å²) in [6.45, 7) is 3.35. The first-order chi connectivity index (χ1) is 10.2. The summed E-state index contributed by atoms with van der Waals surface area (Å²) in [4.78, 5) is 13.6. The molecule has 1 fully saturated rings. The highest BCUT2D eigenvalue weighted by molar-refractivity contribution is 5.77.